The van der Waals surface area contributed by atoms with Gasteiger partial charge in [0.05, 0.1) is 11.1 Å². The van der Waals surface area contributed by atoms with Crippen LogP contribution in [-0.2, 0) is 0 Å². The second-order valence-electron chi connectivity index (χ2n) is 7.11. The summed E-state index contributed by atoms with van der Waals surface area (Å²) >= 11 is 0. The first-order valence-electron chi connectivity index (χ1n) is 6.62. The van der Waals surface area contributed by atoms with Gasteiger partial charge in [-0.05, 0) is 27.7 Å². The topological polar surface area (TPSA) is 151 Å². The predicted octanol–water partition coefficient (Wildman–Crippen LogP) is 1.60. The summed E-state index contributed by atoms with van der Waals surface area (Å²) in [5.74, 6) is 0. The van der Waals surface area contributed by atoms with Gasteiger partial charge in [-0.1, -0.05) is 0 Å². The van der Waals surface area contributed by atoms with Crippen LogP contribution in [0.25, 0.3) is 0 Å². The Hall–Kier alpha value is -1.36. The van der Waals surface area contributed by atoms with Crippen LogP contribution < -0.4 is 11.0 Å². The largest absolute Gasteiger partial charge is 0.316 e. The Morgan fingerprint density at radius 3 is 0.955 bits per heavy atom. The maximum absolute atomic E-state index is 10.5. The van der Waals surface area contributed by atoms with E-state index in [2.05, 4.69) is 11.0 Å². The van der Waals surface area contributed by atoms with Crippen molar-refractivity contribution in [2.75, 3.05) is 0 Å². The molecular weight excluding hydrogens is 296 g/mol. The fourth-order valence-corrected chi connectivity index (χ4v) is 0.726. The highest BCUT2D eigenvalue weighted by Gasteiger charge is 2.57. The number of nitrogens with one attached hydrogen (secondary N) is 2. The van der Waals surface area contributed by atoms with Crippen LogP contribution in [0.4, 0.5) is 0 Å². The molecule has 0 atom stereocenters. The smallest absolute Gasteiger partial charge is 0.284 e. The molecule has 0 radical (unpaired) electrons. The fraction of sp³-hybridized carbons (Fsp3) is 1.00. The fourth-order valence-electron chi connectivity index (χ4n) is 0.726. The van der Waals surface area contributed by atoms with Crippen molar-refractivity contribution < 1.29 is 20.3 Å². The van der Waals surface area contributed by atoms with Crippen molar-refractivity contribution in [2.24, 2.45) is 0 Å². The first kappa shape index (κ1) is 22.9. The number of nitrogens with zero attached hydrogens (tertiary/aromatic N) is 2. The molecule has 0 aliphatic carbocycles. The van der Waals surface area contributed by atoms with Gasteiger partial charge in [-0.2, -0.15) is 11.0 Å². The maximum Gasteiger partial charge on any atom is 0.284 e. The van der Waals surface area contributed by atoms with E-state index in [0.29, 0.717) is 0 Å². The molecule has 4 N–H and O–H groups in total. The third-order valence-electron chi connectivity index (χ3n) is 4.53. The predicted molar refractivity (Wildman–Crippen MR) is 80.1 cm³/mol. The minimum Gasteiger partial charge on any atom is -0.316 e. The van der Waals surface area contributed by atoms with Crippen molar-refractivity contribution in [3.8, 4) is 0 Å². The van der Waals surface area contributed by atoms with E-state index in [1.54, 1.807) is 27.7 Å². The van der Waals surface area contributed by atoms with Crippen molar-refractivity contribution in [2.45, 2.75) is 77.5 Å². The van der Waals surface area contributed by atoms with E-state index in [1.165, 1.54) is 27.7 Å². The van der Waals surface area contributed by atoms with Gasteiger partial charge in [0.1, 0.15) is 0 Å². The van der Waals surface area contributed by atoms with E-state index in [9.17, 15) is 20.2 Å². The lowest BCUT2D eigenvalue weighted by Crippen LogP contribution is -2.61. The van der Waals surface area contributed by atoms with Crippen molar-refractivity contribution in [3.05, 3.63) is 20.2 Å². The molecule has 0 fully saturated rings. The standard InChI is InChI=1S/C6H12N2O4.C6H16N2O2/c1-5(2,7(9)10)6(3,4)8(11)12;1-5(2,7-9)6(3,4)8-10/h1-4H3;7-10H,1-4H3. The number of nitro groups is 2. The van der Waals surface area contributed by atoms with E-state index in [-0.39, 0.29) is 0 Å². The Balaban J connectivity index is 0. The van der Waals surface area contributed by atoms with Crippen LogP contribution in [0.2, 0.25) is 0 Å². The van der Waals surface area contributed by atoms with Crippen molar-refractivity contribution in [1.82, 2.24) is 11.0 Å². The molecule has 0 aliphatic heterocycles. The molecule has 0 heterocycles. The lowest BCUT2D eigenvalue weighted by atomic mass is 9.84. The summed E-state index contributed by atoms with van der Waals surface area (Å²) in [4.78, 5) is 19.7. The zero-order chi connectivity index (χ0) is 18.6. The highest BCUT2D eigenvalue weighted by Crippen LogP contribution is 2.27. The van der Waals surface area contributed by atoms with Gasteiger partial charge in [0.15, 0.2) is 0 Å². The van der Waals surface area contributed by atoms with E-state index in [0.717, 1.165) is 0 Å². The third kappa shape index (κ3) is 4.83. The van der Waals surface area contributed by atoms with Crippen LogP contribution in [0, 0.1) is 20.2 Å². The van der Waals surface area contributed by atoms with E-state index in [1.807, 2.05) is 0 Å². The minimum atomic E-state index is -1.56. The van der Waals surface area contributed by atoms with Crippen molar-refractivity contribution in [1.29, 1.82) is 0 Å². The summed E-state index contributed by atoms with van der Waals surface area (Å²) in [6, 6.07) is 0. The lowest BCUT2D eigenvalue weighted by molar-refractivity contribution is -0.673. The Bertz CT molecular complexity index is 368. The third-order valence-corrected chi connectivity index (χ3v) is 4.53. The minimum absolute atomic E-state index is 0.568. The first-order chi connectivity index (χ1) is 9.51. The monoisotopic (exact) mass is 324 g/mol. The van der Waals surface area contributed by atoms with Crippen LogP contribution in [0.3, 0.4) is 0 Å². The molecule has 0 unspecified atom stereocenters. The number of hydroxylamine groups is 2. The second-order valence-corrected chi connectivity index (χ2v) is 7.11. The van der Waals surface area contributed by atoms with Gasteiger partial charge in [0.2, 0.25) is 0 Å². The summed E-state index contributed by atoms with van der Waals surface area (Å²) in [5, 5.41) is 38.3. The SMILES string of the molecule is CC(C)(NO)C(C)(C)NO.CC(C)([N+](=O)[O-])C(C)(C)[N+](=O)[O-]. The number of rotatable bonds is 6. The Labute approximate surface area is 130 Å². The zero-order valence-electron chi connectivity index (χ0n) is 14.4. The normalized spacial score (nSPS) is 13.2. The molecule has 0 aliphatic rings. The molecule has 10 nitrogen and oxygen atoms in total. The van der Waals surface area contributed by atoms with E-state index >= 15 is 0 Å². The second kappa shape index (κ2) is 7.27. The molecule has 22 heavy (non-hydrogen) atoms. The molecule has 0 aromatic carbocycles. The molecule has 132 valence electrons. The zero-order valence-corrected chi connectivity index (χ0v) is 14.4. The Morgan fingerprint density at radius 2 is 0.864 bits per heavy atom. The average Bonchev–Trinajstić information content (AvgIpc) is 2.38. The molecule has 10 heteroatoms. The molecule has 0 saturated heterocycles. The van der Waals surface area contributed by atoms with E-state index < -0.39 is 32.0 Å². The molecular formula is C12H28N4O6. The summed E-state index contributed by atoms with van der Waals surface area (Å²) < 4.78 is 0. The molecule has 0 spiro atoms. The Morgan fingerprint density at radius 1 is 0.682 bits per heavy atom. The van der Waals surface area contributed by atoms with Crippen LogP contribution in [-0.4, -0.2) is 42.4 Å². The summed E-state index contributed by atoms with van der Waals surface area (Å²) in [5.41, 5.74) is -0.0335. The van der Waals surface area contributed by atoms with Crippen LogP contribution in [0.5, 0.6) is 0 Å². The molecule has 0 amide bonds. The summed E-state index contributed by atoms with van der Waals surface area (Å²) in [6.45, 7) is 12.1. The van der Waals surface area contributed by atoms with Gasteiger partial charge < -0.3 is 10.4 Å². The van der Waals surface area contributed by atoms with Crippen LogP contribution in [0.15, 0.2) is 0 Å². The van der Waals surface area contributed by atoms with Crippen molar-refractivity contribution in [3.63, 3.8) is 0 Å². The lowest BCUT2D eigenvalue weighted by Gasteiger charge is -2.38. The molecule has 0 aromatic heterocycles. The van der Waals surface area contributed by atoms with Gasteiger partial charge >= 0.3 is 0 Å². The highest BCUT2D eigenvalue weighted by atomic mass is 16.6. The van der Waals surface area contributed by atoms with Crippen molar-refractivity contribution >= 4 is 0 Å². The van der Waals surface area contributed by atoms with Gasteiger partial charge in [0, 0.05) is 37.5 Å². The number of hydrogen-bond acceptors (Lipinski definition) is 8. The molecule has 0 aromatic rings. The van der Waals surface area contributed by atoms with Gasteiger partial charge in [-0.15, -0.1) is 0 Å². The molecule has 0 bridgehead atoms. The summed E-state index contributed by atoms with van der Waals surface area (Å²) in [7, 11) is 0. The van der Waals surface area contributed by atoms with E-state index in [4.69, 9.17) is 10.4 Å². The Kier molecular flexibility index (Phi) is 7.57. The highest BCUT2D eigenvalue weighted by molar-refractivity contribution is 4.95. The van der Waals surface area contributed by atoms with Gasteiger partial charge in [-0.3, -0.25) is 20.2 Å². The van der Waals surface area contributed by atoms with Gasteiger partial charge in [0.25, 0.3) is 11.1 Å². The average molecular weight is 324 g/mol. The molecule has 0 saturated carbocycles. The van der Waals surface area contributed by atoms with Gasteiger partial charge in [-0.25, -0.2) is 0 Å². The first-order valence-corrected chi connectivity index (χ1v) is 6.62. The summed E-state index contributed by atoms with van der Waals surface area (Å²) in [6.07, 6.45) is 0. The maximum atomic E-state index is 10.5. The number of hydrogen-bond donors (Lipinski definition) is 4. The quantitative estimate of drug-likeness (QED) is 0.425. The van der Waals surface area contributed by atoms with Crippen LogP contribution in [0.1, 0.15) is 55.4 Å². The van der Waals surface area contributed by atoms with Crippen LogP contribution >= 0.6 is 0 Å². The molecule has 0 rings (SSSR count).